The first-order valence-electron chi connectivity index (χ1n) is 26.9. The van der Waals surface area contributed by atoms with Gasteiger partial charge in [0, 0.05) is 30.8 Å². The van der Waals surface area contributed by atoms with E-state index in [4.69, 9.17) is 23.9 Å². The molecule has 2 aromatic carbocycles. The number of allylic oxidation sites excluding steroid dienone is 6. The standard InChI is InChI=1S/C60H69FN4O8S/c1-8-10-53-62-32-52(74-53)59-65-47-17-16-35(34-12-15-38(21-34)48-25-42-26-49(42)64(48)58(69)44(30-55(67)71-7)39-18-20-72-60(4,5)31-39)23-41(47)27-50(65)56-45(61)24-40(28-51(56)73-59)36-13-14-37(22-36)46-11-9-19-63(46)57(68)43(33(2)3)29-54(66)70-6/h12-17,23-24,27-28,32-33,39,42-44,46,48-49,59H,8-11,18-22,25-26,29-31H2,1-7H3/t39?,42-,43-,44?,46-,48-,49+,59?/m0/s1. The predicted molar refractivity (Wildman–Crippen MR) is 283 cm³/mol. The lowest BCUT2D eigenvalue weighted by Crippen LogP contribution is -2.48. The van der Waals surface area contributed by atoms with Gasteiger partial charge in [0.05, 0.1) is 83.2 Å². The molecule has 14 heteroatoms. The summed E-state index contributed by atoms with van der Waals surface area (Å²) >= 11 is 1.63. The minimum absolute atomic E-state index is 0.0194. The van der Waals surface area contributed by atoms with Crippen molar-refractivity contribution in [3.63, 3.8) is 0 Å². The summed E-state index contributed by atoms with van der Waals surface area (Å²) in [5.74, 6) is -1.02. The molecule has 6 heterocycles. The number of fused-ring (bicyclic) bond motifs is 6. The lowest BCUT2D eigenvalue weighted by molar-refractivity contribution is -0.153. The number of carbonyl (C=O) groups is 4. The molecule has 3 saturated heterocycles. The monoisotopic (exact) mass is 1020 g/mol. The number of aromatic nitrogens is 2. The maximum Gasteiger partial charge on any atom is 0.306 e. The first-order valence-corrected chi connectivity index (χ1v) is 27.8. The number of thiazole rings is 1. The van der Waals surface area contributed by atoms with Gasteiger partial charge in [-0.2, -0.15) is 0 Å². The van der Waals surface area contributed by atoms with Gasteiger partial charge in [0.25, 0.3) is 0 Å². The molecule has 3 unspecified atom stereocenters. The summed E-state index contributed by atoms with van der Waals surface area (Å²) < 4.78 is 42.3. The molecule has 390 valence electrons. The zero-order valence-electron chi connectivity index (χ0n) is 43.8. The van der Waals surface area contributed by atoms with E-state index in [9.17, 15) is 19.2 Å². The summed E-state index contributed by atoms with van der Waals surface area (Å²) in [5.41, 5.74) is 7.96. The Labute approximate surface area is 437 Å². The Morgan fingerprint density at radius 2 is 1.64 bits per heavy atom. The third-order valence-corrected chi connectivity index (χ3v) is 18.2. The van der Waals surface area contributed by atoms with Gasteiger partial charge in [-0.05, 0) is 160 Å². The van der Waals surface area contributed by atoms with Crippen molar-refractivity contribution in [2.24, 2.45) is 29.6 Å². The number of piperidine rings is 1. The van der Waals surface area contributed by atoms with Crippen molar-refractivity contribution < 1.29 is 42.5 Å². The number of hydrogen-bond acceptors (Lipinski definition) is 10. The molecular weight excluding hydrogens is 956 g/mol. The van der Waals surface area contributed by atoms with E-state index >= 15 is 4.39 Å². The van der Waals surface area contributed by atoms with Gasteiger partial charge < -0.3 is 28.7 Å². The second-order valence-electron chi connectivity index (χ2n) is 22.7. The molecule has 0 N–H and O–H groups in total. The molecule has 4 aliphatic heterocycles. The highest BCUT2D eigenvalue weighted by Gasteiger charge is 2.56. The van der Waals surface area contributed by atoms with E-state index in [-0.39, 0.29) is 78.0 Å². The molecule has 0 spiro atoms. The Bertz CT molecular complexity index is 3050. The normalized spacial score (nSPS) is 25.4. The largest absolute Gasteiger partial charge is 0.469 e. The molecule has 74 heavy (non-hydrogen) atoms. The number of benzene rings is 2. The molecule has 1 saturated carbocycles. The number of likely N-dealkylation sites (tertiary alicyclic amines) is 2. The molecule has 4 fully saturated rings. The zero-order chi connectivity index (χ0) is 51.7. The molecule has 11 rings (SSSR count). The molecule has 3 aliphatic carbocycles. The van der Waals surface area contributed by atoms with E-state index in [1.165, 1.54) is 19.8 Å². The van der Waals surface area contributed by atoms with Gasteiger partial charge in [-0.3, -0.25) is 23.7 Å². The number of hydrogen-bond donors (Lipinski definition) is 0. The lowest BCUT2D eigenvalue weighted by Gasteiger charge is -2.40. The molecular formula is C60H69FN4O8S. The molecule has 8 atom stereocenters. The van der Waals surface area contributed by atoms with Crippen molar-refractivity contribution in [2.45, 2.75) is 142 Å². The molecule has 0 bridgehead atoms. The van der Waals surface area contributed by atoms with Gasteiger partial charge in [-0.1, -0.05) is 51.1 Å². The SMILES string of the molecule is CCCc1ncc(C2Oc3cc(C4=CC=C([C@@H]5CCCN5C(=O)[C@@H](CC(=O)OC)C(C)C)C4)cc(F)c3-c3cc4cc(C5=CC=C([C@@H]6C[C@H]7C[C@H]7N6C(=O)C(CC(=O)OC)C6CCOC(C)(C)C6)C5)ccc4n32)s1. The maximum absolute atomic E-state index is 17.1. The molecule has 0 radical (unpaired) electrons. The first kappa shape index (κ1) is 50.3. The van der Waals surface area contributed by atoms with E-state index in [0.717, 1.165) is 99.3 Å². The van der Waals surface area contributed by atoms with Gasteiger partial charge in [-0.25, -0.2) is 9.37 Å². The number of aryl methyl sites for hydroxylation is 1. The minimum atomic E-state index is -0.576. The summed E-state index contributed by atoms with van der Waals surface area (Å²) in [5, 5.41) is 1.99. The minimum Gasteiger partial charge on any atom is -0.469 e. The third kappa shape index (κ3) is 9.36. The van der Waals surface area contributed by atoms with Crippen LogP contribution in [0.5, 0.6) is 5.75 Å². The van der Waals surface area contributed by atoms with Crippen LogP contribution >= 0.6 is 11.3 Å². The van der Waals surface area contributed by atoms with Crippen molar-refractivity contribution in [1.29, 1.82) is 0 Å². The fraction of sp³-hybridized carbons (Fsp3) is 0.517. The number of halogens is 1. The van der Waals surface area contributed by atoms with Gasteiger partial charge in [-0.15, -0.1) is 11.3 Å². The molecule has 2 aromatic heterocycles. The lowest BCUT2D eigenvalue weighted by atomic mass is 9.77. The zero-order valence-corrected chi connectivity index (χ0v) is 44.6. The van der Waals surface area contributed by atoms with Crippen molar-refractivity contribution in [3.8, 4) is 17.0 Å². The second-order valence-corrected chi connectivity index (χ2v) is 23.9. The highest BCUT2D eigenvalue weighted by molar-refractivity contribution is 7.11. The molecule has 12 nitrogen and oxygen atoms in total. The van der Waals surface area contributed by atoms with Gasteiger partial charge in [0.2, 0.25) is 18.0 Å². The highest BCUT2D eigenvalue weighted by atomic mass is 32.1. The van der Waals surface area contributed by atoms with E-state index in [0.29, 0.717) is 49.6 Å². The van der Waals surface area contributed by atoms with E-state index < -0.39 is 18.1 Å². The number of nitrogens with zero attached hydrogens (tertiary/aromatic N) is 4. The first-order chi connectivity index (χ1) is 35.6. The van der Waals surface area contributed by atoms with Crippen LogP contribution in [0.4, 0.5) is 4.39 Å². The van der Waals surface area contributed by atoms with Crippen LogP contribution in [0.15, 0.2) is 78.0 Å². The number of methoxy groups -OCH3 is 2. The number of rotatable bonds is 15. The van der Waals surface area contributed by atoms with E-state index in [1.807, 2.05) is 37.1 Å². The van der Waals surface area contributed by atoms with Gasteiger partial charge >= 0.3 is 11.9 Å². The number of carbonyl (C=O) groups excluding carboxylic acids is 4. The second kappa shape index (κ2) is 20.0. The third-order valence-electron chi connectivity index (χ3n) is 17.2. The highest BCUT2D eigenvalue weighted by Crippen LogP contribution is 2.54. The summed E-state index contributed by atoms with van der Waals surface area (Å²) in [6.45, 7) is 11.4. The van der Waals surface area contributed by atoms with Crippen LogP contribution in [0.2, 0.25) is 0 Å². The van der Waals surface area contributed by atoms with Gasteiger partial charge in [0.1, 0.15) is 11.6 Å². The van der Waals surface area contributed by atoms with Crippen molar-refractivity contribution in [2.75, 3.05) is 27.4 Å². The molecule has 4 aromatic rings. The summed E-state index contributed by atoms with van der Waals surface area (Å²) in [4.78, 5) is 63.7. The molecule has 2 amide bonds. The fourth-order valence-corrected chi connectivity index (χ4v) is 14.2. The summed E-state index contributed by atoms with van der Waals surface area (Å²) in [7, 11) is 2.75. The average molecular weight is 1030 g/mol. The van der Waals surface area contributed by atoms with E-state index in [2.05, 4.69) is 72.7 Å². The van der Waals surface area contributed by atoms with Crippen LogP contribution in [-0.4, -0.2) is 94.2 Å². The fourth-order valence-electron chi connectivity index (χ4n) is 13.2. The predicted octanol–water partition coefficient (Wildman–Crippen LogP) is 11.4. The Morgan fingerprint density at radius 3 is 2.36 bits per heavy atom. The van der Waals surface area contributed by atoms with Crippen molar-refractivity contribution >= 4 is 57.1 Å². The van der Waals surface area contributed by atoms with Crippen molar-refractivity contribution in [3.05, 3.63) is 105 Å². The maximum atomic E-state index is 17.1. The Kier molecular flexibility index (Phi) is 13.6. The van der Waals surface area contributed by atoms with Crippen molar-refractivity contribution in [1.82, 2.24) is 19.4 Å². The number of ether oxygens (including phenoxy) is 4. The van der Waals surface area contributed by atoms with Crippen LogP contribution in [0, 0.1) is 35.4 Å². The average Bonchev–Trinajstić information content (AvgIpc) is 4.15. The Hall–Kier alpha value is -5.86. The van der Waals surface area contributed by atoms with Crippen LogP contribution < -0.4 is 4.74 Å². The van der Waals surface area contributed by atoms with Crippen LogP contribution in [-0.2, 0) is 39.8 Å². The number of esters is 2. The molecule has 7 aliphatic rings. The van der Waals surface area contributed by atoms with Crippen LogP contribution in [0.25, 0.3) is 33.3 Å². The number of amides is 2. The van der Waals surface area contributed by atoms with Crippen LogP contribution in [0.1, 0.15) is 132 Å². The van der Waals surface area contributed by atoms with Crippen LogP contribution in [0.3, 0.4) is 0 Å². The van der Waals surface area contributed by atoms with E-state index in [1.54, 1.807) is 17.4 Å². The summed E-state index contributed by atoms with van der Waals surface area (Å²) in [6, 6.07) is 12.2. The Morgan fingerprint density at radius 1 is 0.892 bits per heavy atom. The smallest absolute Gasteiger partial charge is 0.306 e. The summed E-state index contributed by atoms with van der Waals surface area (Å²) in [6.07, 6.45) is 18.2. The topological polar surface area (TPSA) is 130 Å². The Balaban J connectivity index is 0.851. The van der Waals surface area contributed by atoms with Gasteiger partial charge in [0.15, 0.2) is 0 Å². The quantitative estimate of drug-likeness (QED) is 0.107.